The Morgan fingerprint density at radius 2 is 1.62 bits per heavy atom. The number of hydrogen-bond donors (Lipinski definition) is 1. The fourth-order valence-electron chi connectivity index (χ4n) is 3.85. The number of piperazine rings is 1. The van der Waals surface area contributed by atoms with Gasteiger partial charge in [-0.25, -0.2) is 13.2 Å². The quantitative estimate of drug-likeness (QED) is 0.832. The van der Waals surface area contributed by atoms with E-state index in [4.69, 9.17) is 5.11 Å². The first-order valence-electron chi connectivity index (χ1n) is 9.00. The molecule has 0 radical (unpaired) electrons. The van der Waals surface area contributed by atoms with Crippen LogP contribution in [0.1, 0.15) is 29.6 Å². The molecule has 2 aliphatic carbocycles. The van der Waals surface area contributed by atoms with Gasteiger partial charge in [0.15, 0.2) is 0 Å². The number of benzene rings is 1. The van der Waals surface area contributed by atoms with E-state index in [0.29, 0.717) is 19.0 Å². The van der Waals surface area contributed by atoms with Crippen molar-refractivity contribution in [1.29, 1.82) is 0 Å². The van der Waals surface area contributed by atoms with Crippen molar-refractivity contribution in [2.24, 2.45) is 17.8 Å². The van der Waals surface area contributed by atoms with Gasteiger partial charge in [0.05, 0.1) is 10.5 Å². The van der Waals surface area contributed by atoms with Gasteiger partial charge in [0.2, 0.25) is 15.9 Å². The Morgan fingerprint density at radius 3 is 2.15 bits per heavy atom. The Bertz CT molecular complexity index is 824. The molecule has 1 heterocycles. The molecule has 0 aromatic heterocycles. The average Bonchev–Trinajstić information content (AvgIpc) is 3.53. The number of nitrogens with zero attached hydrogens (tertiary/aromatic N) is 2. The van der Waals surface area contributed by atoms with Gasteiger partial charge in [0.25, 0.3) is 0 Å². The van der Waals surface area contributed by atoms with Crippen LogP contribution in [0.3, 0.4) is 0 Å². The number of rotatable bonds is 5. The van der Waals surface area contributed by atoms with E-state index >= 15 is 0 Å². The van der Waals surface area contributed by atoms with Gasteiger partial charge < -0.3 is 10.0 Å². The molecule has 3 fully saturated rings. The summed E-state index contributed by atoms with van der Waals surface area (Å²) in [6, 6.07) is 5.22. The van der Waals surface area contributed by atoms with Gasteiger partial charge >= 0.3 is 5.97 Å². The van der Waals surface area contributed by atoms with E-state index in [1.54, 1.807) is 4.90 Å². The molecule has 1 aromatic rings. The number of carbonyl (C=O) groups is 2. The second kappa shape index (κ2) is 6.35. The highest BCUT2D eigenvalue weighted by atomic mass is 32.2. The van der Waals surface area contributed by atoms with Crippen LogP contribution in [0.25, 0.3) is 0 Å². The van der Waals surface area contributed by atoms with Gasteiger partial charge in [-0.2, -0.15) is 4.31 Å². The molecule has 140 valence electrons. The molecule has 1 N–H and O–H groups in total. The molecule has 2 atom stereocenters. The van der Waals surface area contributed by atoms with Crippen LogP contribution in [-0.4, -0.2) is 60.8 Å². The lowest BCUT2D eigenvalue weighted by Gasteiger charge is -2.34. The zero-order valence-corrected chi connectivity index (χ0v) is 15.2. The molecular formula is C18H22N2O5S. The van der Waals surface area contributed by atoms with Gasteiger partial charge in [-0.1, -0.05) is 0 Å². The molecule has 2 saturated carbocycles. The topological polar surface area (TPSA) is 95.0 Å². The summed E-state index contributed by atoms with van der Waals surface area (Å²) in [5.74, 6) is 0.570. The zero-order valence-electron chi connectivity index (χ0n) is 14.4. The highest BCUT2D eigenvalue weighted by Crippen LogP contribution is 2.54. The second-order valence-electron chi connectivity index (χ2n) is 7.40. The van der Waals surface area contributed by atoms with Crippen LogP contribution in [0.4, 0.5) is 0 Å². The summed E-state index contributed by atoms with van der Waals surface area (Å²) < 4.78 is 26.8. The van der Waals surface area contributed by atoms with Gasteiger partial charge in [0.1, 0.15) is 0 Å². The summed E-state index contributed by atoms with van der Waals surface area (Å²) in [7, 11) is -3.67. The van der Waals surface area contributed by atoms with Crippen molar-refractivity contribution >= 4 is 21.9 Å². The molecule has 8 heteroatoms. The molecule has 1 amide bonds. The maximum Gasteiger partial charge on any atom is 0.335 e. The monoisotopic (exact) mass is 378 g/mol. The van der Waals surface area contributed by atoms with E-state index in [1.807, 2.05) is 0 Å². The van der Waals surface area contributed by atoms with E-state index in [1.165, 1.54) is 41.4 Å². The molecule has 1 saturated heterocycles. The Morgan fingerprint density at radius 1 is 1.00 bits per heavy atom. The van der Waals surface area contributed by atoms with Crippen molar-refractivity contribution < 1.29 is 23.1 Å². The van der Waals surface area contributed by atoms with Crippen molar-refractivity contribution in [3.63, 3.8) is 0 Å². The van der Waals surface area contributed by atoms with E-state index in [2.05, 4.69) is 0 Å². The Balaban J connectivity index is 1.37. The summed E-state index contributed by atoms with van der Waals surface area (Å²) in [6.45, 7) is 1.38. The van der Waals surface area contributed by atoms with Crippen molar-refractivity contribution in [2.75, 3.05) is 26.2 Å². The molecule has 2 unspecified atom stereocenters. The van der Waals surface area contributed by atoms with Gasteiger partial charge in [0, 0.05) is 32.1 Å². The van der Waals surface area contributed by atoms with Gasteiger partial charge in [-0.3, -0.25) is 4.79 Å². The lowest BCUT2D eigenvalue weighted by Crippen LogP contribution is -2.51. The molecule has 1 aromatic carbocycles. The fourth-order valence-corrected chi connectivity index (χ4v) is 5.27. The molecule has 4 rings (SSSR count). The molecule has 1 aliphatic heterocycles. The third kappa shape index (κ3) is 3.23. The predicted octanol–water partition coefficient (Wildman–Crippen LogP) is 1.26. The highest BCUT2D eigenvalue weighted by molar-refractivity contribution is 7.89. The lowest BCUT2D eigenvalue weighted by molar-refractivity contribution is -0.134. The molecular weight excluding hydrogens is 356 g/mol. The first kappa shape index (κ1) is 17.5. The first-order valence-corrected chi connectivity index (χ1v) is 10.4. The molecule has 0 spiro atoms. The third-order valence-corrected chi connectivity index (χ3v) is 7.59. The minimum Gasteiger partial charge on any atom is -0.478 e. The number of hydrogen-bond acceptors (Lipinski definition) is 4. The summed E-state index contributed by atoms with van der Waals surface area (Å²) in [6.07, 6.45) is 3.50. The van der Waals surface area contributed by atoms with E-state index in [9.17, 15) is 18.0 Å². The summed E-state index contributed by atoms with van der Waals surface area (Å²) in [5.41, 5.74) is 0.0500. The Kier molecular flexibility index (Phi) is 4.27. The normalized spacial score (nSPS) is 26.5. The minimum atomic E-state index is -3.67. The molecule has 26 heavy (non-hydrogen) atoms. The number of sulfonamides is 1. The second-order valence-corrected chi connectivity index (χ2v) is 9.34. The van der Waals surface area contributed by atoms with E-state index in [-0.39, 0.29) is 35.4 Å². The van der Waals surface area contributed by atoms with Crippen LogP contribution in [0.2, 0.25) is 0 Å². The van der Waals surface area contributed by atoms with Crippen molar-refractivity contribution in [3.05, 3.63) is 29.8 Å². The molecule has 3 aliphatic rings. The average molecular weight is 378 g/mol. The SMILES string of the molecule is O=C(O)c1ccc(S(=O)(=O)N2CCN(C(=O)C3CC3C3CC3)CC2)cc1. The largest absolute Gasteiger partial charge is 0.478 e. The van der Waals surface area contributed by atoms with Crippen LogP contribution in [0.15, 0.2) is 29.2 Å². The minimum absolute atomic E-state index is 0.0500. The van der Waals surface area contributed by atoms with Gasteiger partial charge in [-0.05, 0) is 55.4 Å². The zero-order chi connectivity index (χ0) is 18.5. The van der Waals surface area contributed by atoms with E-state index in [0.717, 1.165) is 12.3 Å². The van der Waals surface area contributed by atoms with Gasteiger partial charge in [-0.15, -0.1) is 0 Å². The molecule has 0 bridgehead atoms. The third-order valence-electron chi connectivity index (χ3n) is 5.67. The first-order chi connectivity index (χ1) is 12.4. The number of carboxylic acid groups (broad SMARTS) is 1. The summed E-state index contributed by atoms with van der Waals surface area (Å²) in [4.78, 5) is 25.3. The highest BCUT2D eigenvalue weighted by Gasteiger charge is 2.52. The van der Waals surface area contributed by atoms with E-state index < -0.39 is 16.0 Å². The molecule has 7 nitrogen and oxygen atoms in total. The van der Waals surface area contributed by atoms with Crippen LogP contribution < -0.4 is 0 Å². The number of carboxylic acids is 1. The van der Waals surface area contributed by atoms with Crippen LogP contribution in [0, 0.1) is 17.8 Å². The van der Waals surface area contributed by atoms with Crippen LogP contribution in [-0.2, 0) is 14.8 Å². The number of carbonyl (C=O) groups excluding carboxylic acids is 1. The van der Waals surface area contributed by atoms with Crippen molar-refractivity contribution in [3.8, 4) is 0 Å². The van der Waals surface area contributed by atoms with Crippen molar-refractivity contribution in [2.45, 2.75) is 24.2 Å². The van der Waals surface area contributed by atoms with Crippen LogP contribution in [0.5, 0.6) is 0 Å². The predicted molar refractivity (Wildman–Crippen MR) is 93.1 cm³/mol. The summed E-state index contributed by atoms with van der Waals surface area (Å²) in [5, 5.41) is 8.92. The number of amides is 1. The Hall–Kier alpha value is -1.93. The maximum atomic E-state index is 12.7. The number of aromatic carboxylic acids is 1. The summed E-state index contributed by atoms with van der Waals surface area (Å²) >= 11 is 0. The Labute approximate surface area is 152 Å². The van der Waals surface area contributed by atoms with Crippen LogP contribution >= 0.6 is 0 Å². The maximum absolute atomic E-state index is 12.7. The smallest absolute Gasteiger partial charge is 0.335 e. The lowest BCUT2D eigenvalue weighted by atomic mass is 10.2. The van der Waals surface area contributed by atoms with Crippen molar-refractivity contribution in [1.82, 2.24) is 9.21 Å². The standard InChI is InChI=1S/C18H22N2O5S/c21-17(16-11-15(16)12-1-2-12)19-7-9-20(10-8-19)26(24,25)14-5-3-13(4-6-14)18(22)23/h3-6,12,15-16H,1-2,7-11H2,(H,22,23). The fraction of sp³-hybridized carbons (Fsp3) is 0.556.